The van der Waals surface area contributed by atoms with Gasteiger partial charge in [0.2, 0.25) is 0 Å². The van der Waals surface area contributed by atoms with Gasteiger partial charge in [-0.3, -0.25) is 4.79 Å². The molecule has 0 heterocycles. The van der Waals surface area contributed by atoms with Crippen LogP contribution in [0.3, 0.4) is 0 Å². The van der Waals surface area contributed by atoms with Gasteiger partial charge in [0.05, 0.1) is 12.1 Å². The van der Waals surface area contributed by atoms with Crippen LogP contribution in [0.25, 0.3) is 0 Å². The standard InChI is InChI=1S/C21H33NO3/c1-3-5-6-7-8-9-10-11-15-18-20(23)22(4-2)25-21(24)19-16-13-12-14-17-19/h12-14,16-17H,3-11,15,18H2,1-2H3. The highest BCUT2D eigenvalue weighted by Crippen LogP contribution is 2.12. The number of carbonyl (C=O) groups is 2. The lowest BCUT2D eigenvalue weighted by atomic mass is 10.1. The largest absolute Gasteiger partial charge is 0.363 e. The van der Waals surface area contributed by atoms with Crippen LogP contribution in [0.15, 0.2) is 30.3 Å². The Bertz CT molecular complexity index is 487. The third-order valence-corrected chi connectivity index (χ3v) is 4.26. The maximum atomic E-state index is 12.2. The molecule has 1 aromatic rings. The monoisotopic (exact) mass is 347 g/mol. The molecule has 0 aliphatic rings. The lowest BCUT2D eigenvalue weighted by molar-refractivity contribution is -0.166. The number of benzene rings is 1. The SMILES string of the molecule is CCCCCCCCCCCC(=O)N(CC)OC(=O)c1ccccc1. The predicted molar refractivity (Wildman–Crippen MR) is 101 cm³/mol. The Balaban J connectivity index is 2.18. The summed E-state index contributed by atoms with van der Waals surface area (Å²) in [5.41, 5.74) is 0.455. The van der Waals surface area contributed by atoms with Gasteiger partial charge in [0.15, 0.2) is 0 Å². The normalized spacial score (nSPS) is 10.5. The molecule has 1 rings (SSSR count). The van der Waals surface area contributed by atoms with Gasteiger partial charge in [-0.25, -0.2) is 4.79 Å². The summed E-state index contributed by atoms with van der Waals surface area (Å²) in [6, 6.07) is 8.75. The Morgan fingerprint density at radius 1 is 0.840 bits per heavy atom. The minimum atomic E-state index is -0.483. The van der Waals surface area contributed by atoms with Crippen molar-refractivity contribution in [2.75, 3.05) is 6.54 Å². The van der Waals surface area contributed by atoms with E-state index in [4.69, 9.17) is 4.84 Å². The molecule has 4 nitrogen and oxygen atoms in total. The molecule has 1 aromatic carbocycles. The zero-order valence-electron chi connectivity index (χ0n) is 15.8. The minimum Gasteiger partial charge on any atom is -0.333 e. The molecule has 0 spiro atoms. The van der Waals surface area contributed by atoms with Gasteiger partial charge in [-0.2, -0.15) is 5.06 Å². The minimum absolute atomic E-state index is 0.116. The van der Waals surface area contributed by atoms with Gasteiger partial charge in [0.1, 0.15) is 0 Å². The first kappa shape index (κ1) is 21.2. The number of nitrogens with zero attached hydrogens (tertiary/aromatic N) is 1. The van der Waals surface area contributed by atoms with Crippen LogP contribution in [0.4, 0.5) is 0 Å². The van der Waals surface area contributed by atoms with E-state index in [1.54, 1.807) is 24.3 Å². The number of hydrogen-bond donors (Lipinski definition) is 0. The summed E-state index contributed by atoms with van der Waals surface area (Å²) >= 11 is 0. The first-order valence-corrected chi connectivity index (χ1v) is 9.76. The maximum Gasteiger partial charge on any atom is 0.363 e. The number of hydroxylamine groups is 2. The second-order valence-corrected chi connectivity index (χ2v) is 6.41. The summed E-state index contributed by atoms with van der Waals surface area (Å²) in [7, 11) is 0. The van der Waals surface area contributed by atoms with Crippen molar-refractivity contribution in [2.45, 2.75) is 78.1 Å². The van der Waals surface area contributed by atoms with Crippen molar-refractivity contribution in [2.24, 2.45) is 0 Å². The van der Waals surface area contributed by atoms with E-state index in [9.17, 15) is 9.59 Å². The van der Waals surface area contributed by atoms with E-state index in [1.807, 2.05) is 13.0 Å². The highest BCUT2D eigenvalue weighted by Gasteiger charge is 2.17. The van der Waals surface area contributed by atoms with Crippen LogP contribution in [0.5, 0.6) is 0 Å². The summed E-state index contributed by atoms with van der Waals surface area (Å²) in [4.78, 5) is 29.4. The number of carbonyl (C=O) groups excluding carboxylic acids is 2. The van der Waals surface area contributed by atoms with Crippen LogP contribution < -0.4 is 0 Å². The van der Waals surface area contributed by atoms with Crippen molar-refractivity contribution in [3.05, 3.63) is 35.9 Å². The fourth-order valence-electron chi connectivity index (χ4n) is 2.73. The molecule has 25 heavy (non-hydrogen) atoms. The van der Waals surface area contributed by atoms with Gasteiger partial charge >= 0.3 is 5.97 Å². The molecule has 0 aliphatic carbocycles. The molecular weight excluding hydrogens is 314 g/mol. The number of amides is 1. The van der Waals surface area contributed by atoms with Crippen LogP contribution in [0, 0.1) is 0 Å². The molecule has 0 bridgehead atoms. The smallest absolute Gasteiger partial charge is 0.333 e. The van der Waals surface area contributed by atoms with Crippen molar-refractivity contribution < 1.29 is 14.4 Å². The molecule has 0 radical (unpaired) electrons. The van der Waals surface area contributed by atoms with E-state index < -0.39 is 5.97 Å². The summed E-state index contributed by atoms with van der Waals surface area (Å²) in [6.45, 7) is 4.41. The number of hydrogen-bond acceptors (Lipinski definition) is 3. The van der Waals surface area contributed by atoms with E-state index >= 15 is 0 Å². The number of unbranched alkanes of at least 4 members (excludes halogenated alkanes) is 8. The average molecular weight is 347 g/mol. The van der Waals surface area contributed by atoms with E-state index in [1.165, 1.54) is 50.0 Å². The van der Waals surface area contributed by atoms with Crippen LogP contribution in [-0.4, -0.2) is 23.5 Å². The van der Waals surface area contributed by atoms with E-state index in [0.717, 1.165) is 12.8 Å². The van der Waals surface area contributed by atoms with Gasteiger partial charge in [-0.1, -0.05) is 76.5 Å². The predicted octanol–water partition coefficient (Wildman–Crippen LogP) is 5.53. The molecular formula is C21H33NO3. The van der Waals surface area contributed by atoms with Gasteiger partial charge in [-0.15, -0.1) is 0 Å². The van der Waals surface area contributed by atoms with Crippen molar-refractivity contribution >= 4 is 11.9 Å². The zero-order chi connectivity index (χ0) is 18.3. The highest BCUT2D eigenvalue weighted by atomic mass is 16.7. The quantitative estimate of drug-likeness (QED) is 0.369. The Hall–Kier alpha value is -1.84. The molecule has 0 fully saturated rings. The molecule has 140 valence electrons. The summed E-state index contributed by atoms with van der Waals surface area (Å²) < 4.78 is 0. The summed E-state index contributed by atoms with van der Waals surface area (Å²) in [5.74, 6) is -0.599. The first-order chi connectivity index (χ1) is 12.2. The molecule has 0 aromatic heterocycles. The fourth-order valence-corrected chi connectivity index (χ4v) is 2.73. The molecule has 0 atom stereocenters. The Morgan fingerprint density at radius 3 is 1.96 bits per heavy atom. The maximum absolute atomic E-state index is 12.2. The Morgan fingerprint density at radius 2 is 1.40 bits per heavy atom. The third-order valence-electron chi connectivity index (χ3n) is 4.26. The van der Waals surface area contributed by atoms with Crippen molar-refractivity contribution in [3.63, 3.8) is 0 Å². The van der Waals surface area contributed by atoms with Crippen LogP contribution in [0.1, 0.15) is 88.4 Å². The van der Waals surface area contributed by atoms with Gasteiger partial charge in [0, 0.05) is 6.42 Å². The van der Waals surface area contributed by atoms with Crippen molar-refractivity contribution in [1.29, 1.82) is 0 Å². The Kier molecular flexibility index (Phi) is 11.4. The fraction of sp³-hybridized carbons (Fsp3) is 0.619. The zero-order valence-corrected chi connectivity index (χ0v) is 15.8. The van der Waals surface area contributed by atoms with Crippen LogP contribution >= 0.6 is 0 Å². The molecule has 0 N–H and O–H groups in total. The van der Waals surface area contributed by atoms with Crippen LogP contribution in [-0.2, 0) is 9.63 Å². The van der Waals surface area contributed by atoms with Gasteiger partial charge in [-0.05, 0) is 25.5 Å². The van der Waals surface area contributed by atoms with Crippen molar-refractivity contribution in [1.82, 2.24) is 5.06 Å². The molecule has 1 amide bonds. The lowest BCUT2D eigenvalue weighted by Gasteiger charge is -2.19. The van der Waals surface area contributed by atoms with Gasteiger partial charge < -0.3 is 4.84 Å². The average Bonchev–Trinajstić information content (AvgIpc) is 2.65. The van der Waals surface area contributed by atoms with E-state index in [0.29, 0.717) is 18.5 Å². The van der Waals surface area contributed by atoms with Crippen LogP contribution in [0.2, 0.25) is 0 Å². The molecule has 0 aliphatic heterocycles. The van der Waals surface area contributed by atoms with Crippen molar-refractivity contribution in [3.8, 4) is 0 Å². The first-order valence-electron chi connectivity index (χ1n) is 9.76. The third kappa shape index (κ3) is 9.28. The van der Waals surface area contributed by atoms with E-state index in [-0.39, 0.29) is 5.91 Å². The Labute approximate surface area is 152 Å². The molecule has 0 saturated carbocycles. The lowest BCUT2D eigenvalue weighted by Crippen LogP contribution is -2.33. The number of rotatable bonds is 12. The highest BCUT2D eigenvalue weighted by molar-refractivity contribution is 5.90. The molecule has 4 heteroatoms. The summed E-state index contributed by atoms with van der Waals surface area (Å²) in [6.07, 6.45) is 11.4. The second-order valence-electron chi connectivity index (χ2n) is 6.41. The second kappa shape index (κ2) is 13.5. The van der Waals surface area contributed by atoms with Gasteiger partial charge in [0.25, 0.3) is 5.91 Å². The molecule has 0 saturated heterocycles. The van der Waals surface area contributed by atoms with E-state index in [2.05, 4.69) is 6.92 Å². The summed E-state index contributed by atoms with van der Waals surface area (Å²) in [5, 5.41) is 1.18. The topological polar surface area (TPSA) is 46.6 Å². The molecule has 0 unspecified atom stereocenters.